The Bertz CT molecular complexity index is 881. The lowest BCUT2D eigenvalue weighted by molar-refractivity contribution is -0.143. The number of alkyl halides is 3. The third-order valence-corrected chi connectivity index (χ3v) is 4.94. The molecule has 10 heteroatoms. The molecule has 2 aromatic rings. The molecule has 6 nitrogen and oxygen atoms in total. The van der Waals surface area contributed by atoms with Gasteiger partial charge < -0.3 is 10.2 Å². The average molecular weight is 429 g/mol. The van der Waals surface area contributed by atoms with Crippen LogP contribution in [-0.2, 0) is 11.0 Å². The van der Waals surface area contributed by atoms with E-state index in [0.29, 0.717) is 22.7 Å². The number of nitrogens with zero attached hydrogens (tertiary/aromatic N) is 3. The van der Waals surface area contributed by atoms with Crippen LogP contribution in [0.15, 0.2) is 30.5 Å². The van der Waals surface area contributed by atoms with Crippen LogP contribution in [0.4, 0.5) is 13.2 Å². The fraction of sp³-hybridized carbons (Fsp3) is 0.421. The molecule has 1 N–H and O–H groups in total. The summed E-state index contributed by atoms with van der Waals surface area (Å²) in [5, 5.41) is 6.59. The average Bonchev–Trinajstić information content (AvgIpc) is 3.02. The second-order valence-corrected chi connectivity index (χ2v) is 7.18. The summed E-state index contributed by atoms with van der Waals surface area (Å²) in [5.74, 6) is -0.886. The van der Waals surface area contributed by atoms with Crippen molar-refractivity contribution < 1.29 is 22.8 Å². The minimum Gasteiger partial charge on any atom is -0.350 e. The quantitative estimate of drug-likeness (QED) is 0.790. The van der Waals surface area contributed by atoms with Crippen LogP contribution in [0.5, 0.6) is 0 Å². The number of aromatic nitrogens is 2. The monoisotopic (exact) mass is 428 g/mol. The van der Waals surface area contributed by atoms with Crippen LogP contribution in [0, 0.1) is 0 Å². The highest BCUT2D eigenvalue weighted by molar-refractivity contribution is 6.30. The van der Waals surface area contributed by atoms with Crippen LogP contribution in [-0.4, -0.2) is 46.1 Å². The SMILES string of the molecule is O=C(NCCN1CCCCCC1=O)c1cnn(-c2ccc(Cl)cc2)c1C(F)(F)F. The highest BCUT2D eigenvalue weighted by Crippen LogP contribution is 2.33. The largest absolute Gasteiger partial charge is 0.434 e. The van der Waals surface area contributed by atoms with Crippen LogP contribution in [0.2, 0.25) is 5.02 Å². The molecule has 1 saturated heterocycles. The van der Waals surface area contributed by atoms with E-state index in [2.05, 4.69) is 10.4 Å². The van der Waals surface area contributed by atoms with Gasteiger partial charge in [-0.3, -0.25) is 9.59 Å². The molecular formula is C19H20ClF3N4O2. The number of hydrogen-bond acceptors (Lipinski definition) is 3. The molecule has 0 atom stereocenters. The van der Waals surface area contributed by atoms with E-state index in [1.54, 1.807) is 4.90 Å². The summed E-state index contributed by atoms with van der Waals surface area (Å²) in [7, 11) is 0. The van der Waals surface area contributed by atoms with Crippen molar-refractivity contribution >= 4 is 23.4 Å². The Balaban J connectivity index is 1.74. The number of carbonyl (C=O) groups excluding carboxylic acids is 2. The zero-order chi connectivity index (χ0) is 21.0. The number of carbonyl (C=O) groups is 2. The minimum atomic E-state index is -4.79. The maximum absolute atomic E-state index is 13.7. The number of likely N-dealkylation sites (tertiary alicyclic amines) is 1. The highest BCUT2D eigenvalue weighted by Gasteiger charge is 2.40. The van der Waals surface area contributed by atoms with E-state index in [-0.39, 0.29) is 24.7 Å². The number of nitrogens with one attached hydrogen (secondary N) is 1. The first-order valence-corrected chi connectivity index (χ1v) is 9.62. The standard InChI is InChI=1S/C19H20ClF3N4O2/c20-13-5-7-14(8-6-13)27-17(19(21,22)23)15(12-25-27)18(29)24-9-11-26-10-3-1-2-4-16(26)28/h5-8,12H,1-4,9-11H2,(H,24,29). The van der Waals surface area contributed by atoms with Crippen molar-refractivity contribution in [1.82, 2.24) is 20.0 Å². The van der Waals surface area contributed by atoms with E-state index in [4.69, 9.17) is 11.6 Å². The minimum absolute atomic E-state index is 0.00304. The Morgan fingerprint density at radius 3 is 2.59 bits per heavy atom. The van der Waals surface area contributed by atoms with Crippen molar-refractivity contribution in [2.75, 3.05) is 19.6 Å². The molecule has 0 aliphatic carbocycles. The first-order chi connectivity index (χ1) is 13.8. The van der Waals surface area contributed by atoms with Gasteiger partial charge in [0, 0.05) is 31.1 Å². The molecule has 1 fully saturated rings. The van der Waals surface area contributed by atoms with Crippen molar-refractivity contribution in [3.8, 4) is 5.69 Å². The fourth-order valence-corrected chi connectivity index (χ4v) is 3.37. The fourth-order valence-electron chi connectivity index (χ4n) is 3.24. The summed E-state index contributed by atoms with van der Waals surface area (Å²) in [6.45, 7) is 0.919. The number of hydrogen-bond donors (Lipinski definition) is 1. The zero-order valence-electron chi connectivity index (χ0n) is 15.5. The maximum Gasteiger partial charge on any atom is 0.434 e. The van der Waals surface area contributed by atoms with Gasteiger partial charge in [0.2, 0.25) is 5.91 Å². The van der Waals surface area contributed by atoms with Gasteiger partial charge in [0.25, 0.3) is 5.91 Å². The van der Waals surface area contributed by atoms with Crippen molar-refractivity contribution in [2.24, 2.45) is 0 Å². The van der Waals surface area contributed by atoms with Gasteiger partial charge in [0.15, 0.2) is 5.69 Å². The van der Waals surface area contributed by atoms with Gasteiger partial charge in [-0.1, -0.05) is 18.0 Å². The van der Waals surface area contributed by atoms with Gasteiger partial charge in [-0.2, -0.15) is 18.3 Å². The molecule has 156 valence electrons. The third kappa shape index (κ3) is 5.09. The summed E-state index contributed by atoms with van der Waals surface area (Å²) in [6.07, 6.45) is -0.757. The number of benzene rings is 1. The van der Waals surface area contributed by atoms with E-state index in [1.807, 2.05) is 0 Å². The van der Waals surface area contributed by atoms with Gasteiger partial charge in [0.1, 0.15) is 0 Å². The molecule has 0 spiro atoms. The number of amides is 2. The maximum atomic E-state index is 13.7. The topological polar surface area (TPSA) is 67.2 Å². The second-order valence-electron chi connectivity index (χ2n) is 6.74. The molecule has 1 aromatic carbocycles. The van der Waals surface area contributed by atoms with Gasteiger partial charge in [-0.25, -0.2) is 4.68 Å². The van der Waals surface area contributed by atoms with Crippen LogP contribution in [0.1, 0.15) is 41.7 Å². The van der Waals surface area contributed by atoms with Crippen molar-refractivity contribution in [3.63, 3.8) is 0 Å². The van der Waals surface area contributed by atoms with E-state index in [9.17, 15) is 22.8 Å². The third-order valence-electron chi connectivity index (χ3n) is 4.69. The summed E-state index contributed by atoms with van der Waals surface area (Å²) < 4.78 is 41.6. The molecule has 1 aliphatic heterocycles. The number of halogens is 4. The summed E-state index contributed by atoms with van der Waals surface area (Å²) in [5.41, 5.74) is -1.60. The summed E-state index contributed by atoms with van der Waals surface area (Å²) in [4.78, 5) is 26.0. The zero-order valence-corrected chi connectivity index (χ0v) is 16.3. The van der Waals surface area contributed by atoms with Crippen molar-refractivity contribution in [3.05, 3.63) is 46.7 Å². The summed E-state index contributed by atoms with van der Waals surface area (Å²) >= 11 is 5.78. The Kier molecular flexibility index (Phi) is 6.46. The molecule has 3 rings (SSSR count). The van der Waals surface area contributed by atoms with Gasteiger partial charge >= 0.3 is 6.18 Å². The predicted octanol–water partition coefficient (Wildman–Crippen LogP) is 3.68. The molecule has 29 heavy (non-hydrogen) atoms. The molecule has 1 aliphatic rings. The molecule has 0 saturated carbocycles. The highest BCUT2D eigenvalue weighted by atomic mass is 35.5. The Morgan fingerprint density at radius 2 is 1.90 bits per heavy atom. The van der Waals surface area contributed by atoms with E-state index < -0.39 is 23.3 Å². The molecule has 0 bridgehead atoms. The first-order valence-electron chi connectivity index (χ1n) is 9.24. The van der Waals surface area contributed by atoms with Crippen LogP contribution in [0.3, 0.4) is 0 Å². The smallest absolute Gasteiger partial charge is 0.350 e. The first kappa shape index (κ1) is 21.2. The van der Waals surface area contributed by atoms with E-state index >= 15 is 0 Å². The second kappa shape index (κ2) is 8.86. The lowest BCUT2D eigenvalue weighted by Gasteiger charge is -2.20. The molecule has 2 heterocycles. The Morgan fingerprint density at radius 1 is 1.17 bits per heavy atom. The van der Waals surface area contributed by atoms with E-state index in [0.717, 1.165) is 25.5 Å². The molecule has 1 aromatic heterocycles. The molecular weight excluding hydrogens is 409 g/mol. The normalized spacial score (nSPS) is 15.3. The molecule has 2 amide bonds. The van der Waals surface area contributed by atoms with Crippen LogP contribution < -0.4 is 5.32 Å². The van der Waals surface area contributed by atoms with Crippen molar-refractivity contribution in [2.45, 2.75) is 31.9 Å². The van der Waals surface area contributed by atoms with Crippen LogP contribution in [0.25, 0.3) is 5.69 Å². The van der Waals surface area contributed by atoms with Gasteiger partial charge in [0.05, 0.1) is 17.4 Å². The molecule has 0 unspecified atom stereocenters. The van der Waals surface area contributed by atoms with E-state index in [1.165, 1.54) is 24.3 Å². The predicted molar refractivity (Wildman–Crippen MR) is 101 cm³/mol. The van der Waals surface area contributed by atoms with Gasteiger partial charge in [-0.15, -0.1) is 0 Å². The number of rotatable bonds is 5. The van der Waals surface area contributed by atoms with Crippen molar-refractivity contribution in [1.29, 1.82) is 0 Å². The lowest BCUT2D eigenvalue weighted by Crippen LogP contribution is -2.38. The molecule has 0 radical (unpaired) electrons. The summed E-state index contributed by atoms with van der Waals surface area (Å²) in [6, 6.07) is 5.65. The Hall–Kier alpha value is -2.55. The van der Waals surface area contributed by atoms with Crippen LogP contribution >= 0.6 is 11.6 Å². The Labute approximate surface area is 170 Å². The lowest BCUT2D eigenvalue weighted by atomic mass is 10.2. The van der Waals surface area contributed by atoms with Gasteiger partial charge in [-0.05, 0) is 37.1 Å².